The van der Waals surface area contributed by atoms with E-state index >= 15 is 0 Å². The zero-order valence-electron chi connectivity index (χ0n) is 16.7. The van der Waals surface area contributed by atoms with Crippen molar-refractivity contribution in [2.75, 3.05) is 13.1 Å². The topological polar surface area (TPSA) is 58.5 Å². The average molecular weight is 554 g/mol. The van der Waals surface area contributed by atoms with Crippen LogP contribution in [-0.4, -0.2) is 30.1 Å². The summed E-state index contributed by atoms with van der Waals surface area (Å²) >= 11 is 1.02. The fourth-order valence-corrected chi connectivity index (χ4v) is 3.57. The van der Waals surface area contributed by atoms with Crippen LogP contribution in [0.25, 0.3) is 0 Å². The maximum Gasteiger partial charge on any atom is 0.434 e. The van der Waals surface area contributed by atoms with Gasteiger partial charge in [0.1, 0.15) is 5.75 Å². The number of nitrogens with one attached hydrogen (secondary N) is 2. The Morgan fingerprint density at radius 1 is 1.27 bits per heavy atom. The number of halogens is 4. The number of benzene rings is 1. The van der Waals surface area contributed by atoms with Crippen LogP contribution in [0.3, 0.4) is 0 Å². The van der Waals surface area contributed by atoms with Crippen LogP contribution in [0, 0.1) is 0 Å². The maximum atomic E-state index is 12.6. The minimum Gasteiger partial charge on any atom is -0.490 e. The highest BCUT2D eigenvalue weighted by Gasteiger charge is 2.33. The molecule has 5 nitrogen and oxygen atoms in total. The van der Waals surface area contributed by atoms with Crippen LogP contribution >= 0.6 is 35.3 Å². The third-order valence-corrected chi connectivity index (χ3v) is 5.45. The van der Waals surface area contributed by atoms with Crippen LogP contribution in [0.2, 0.25) is 0 Å². The molecule has 1 fully saturated rings. The molecule has 0 amide bonds. The molecule has 1 aromatic carbocycles. The molecule has 0 unspecified atom stereocenters. The van der Waals surface area contributed by atoms with E-state index in [9.17, 15) is 13.2 Å². The van der Waals surface area contributed by atoms with Crippen LogP contribution in [-0.2, 0) is 19.1 Å². The molecule has 0 spiro atoms. The lowest BCUT2D eigenvalue weighted by Crippen LogP contribution is -2.38. The normalized spacial score (nSPS) is 14.6. The molecular weight excluding hydrogens is 528 g/mol. The minimum absolute atomic E-state index is 0. The van der Waals surface area contributed by atoms with E-state index in [1.807, 2.05) is 31.2 Å². The molecule has 2 aromatic rings. The molecule has 0 bridgehead atoms. The van der Waals surface area contributed by atoms with Gasteiger partial charge < -0.3 is 15.4 Å². The average Bonchev–Trinajstić information content (AvgIpc) is 3.13. The number of aromatic nitrogens is 1. The van der Waals surface area contributed by atoms with Crippen molar-refractivity contribution in [2.45, 2.75) is 51.4 Å². The predicted molar refractivity (Wildman–Crippen MR) is 124 cm³/mol. The highest BCUT2D eigenvalue weighted by molar-refractivity contribution is 14.0. The van der Waals surface area contributed by atoms with Gasteiger partial charge in [-0.25, -0.2) is 9.98 Å². The summed E-state index contributed by atoms with van der Waals surface area (Å²) in [6.07, 6.45) is -0.307. The van der Waals surface area contributed by atoms with Gasteiger partial charge in [0.05, 0.1) is 17.7 Å². The summed E-state index contributed by atoms with van der Waals surface area (Å²) in [6.45, 7) is 3.54. The second kappa shape index (κ2) is 11.7. The van der Waals surface area contributed by atoms with E-state index in [1.165, 1.54) is 6.42 Å². The predicted octanol–water partition coefficient (Wildman–Crippen LogP) is 5.01. The molecule has 1 aliphatic rings. The van der Waals surface area contributed by atoms with Gasteiger partial charge in [0, 0.05) is 30.5 Å². The van der Waals surface area contributed by atoms with E-state index in [-0.39, 0.29) is 24.0 Å². The van der Waals surface area contributed by atoms with Crippen LogP contribution in [0.4, 0.5) is 13.2 Å². The SMILES string of the molecule is CCNC(=NCc1ccccc1OC1CCC1)NCCc1nc(C(F)(F)F)cs1.I. The molecule has 166 valence electrons. The number of hydrogen-bond donors (Lipinski definition) is 2. The Balaban J connectivity index is 0.00000320. The Hall–Kier alpha value is -1.56. The third kappa shape index (κ3) is 7.29. The molecule has 0 saturated heterocycles. The molecule has 2 N–H and O–H groups in total. The van der Waals surface area contributed by atoms with Crippen LogP contribution < -0.4 is 15.4 Å². The van der Waals surface area contributed by atoms with Crippen molar-refractivity contribution in [3.05, 3.63) is 45.9 Å². The first-order valence-electron chi connectivity index (χ1n) is 9.74. The van der Waals surface area contributed by atoms with Gasteiger partial charge in [0.15, 0.2) is 11.7 Å². The first-order valence-corrected chi connectivity index (χ1v) is 10.6. The summed E-state index contributed by atoms with van der Waals surface area (Å²) < 4.78 is 44.0. The second-order valence-electron chi connectivity index (χ2n) is 6.77. The first-order chi connectivity index (χ1) is 14.0. The Bertz CT molecular complexity index is 824. The lowest BCUT2D eigenvalue weighted by molar-refractivity contribution is -0.140. The van der Waals surface area contributed by atoms with Gasteiger partial charge in [-0.1, -0.05) is 18.2 Å². The quantitative estimate of drug-likeness (QED) is 0.274. The molecule has 0 radical (unpaired) electrons. The summed E-state index contributed by atoms with van der Waals surface area (Å²) in [7, 11) is 0. The monoisotopic (exact) mass is 554 g/mol. The summed E-state index contributed by atoms with van der Waals surface area (Å²) in [4.78, 5) is 8.24. The van der Waals surface area contributed by atoms with Gasteiger partial charge in [-0.2, -0.15) is 13.2 Å². The van der Waals surface area contributed by atoms with E-state index < -0.39 is 11.9 Å². The van der Waals surface area contributed by atoms with Gasteiger partial charge >= 0.3 is 6.18 Å². The lowest BCUT2D eigenvalue weighted by Gasteiger charge is -2.27. The lowest BCUT2D eigenvalue weighted by atomic mass is 9.96. The number of alkyl halides is 3. The van der Waals surface area contributed by atoms with Crippen LogP contribution in [0.15, 0.2) is 34.6 Å². The number of ether oxygens (including phenoxy) is 1. The number of hydrogen-bond acceptors (Lipinski definition) is 4. The molecule has 1 aliphatic carbocycles. The third-order valence-electron chi connectivity index (χ3n) is 4.54. The number of thiazole rings is 1. The molecule has 30 heavy (non-hydrogen) atoms. The Morgan fingerprint density at radius 3 is 2.67 bits per heavy atom. The highest BCUT2D eigenvalue weighted by Crippen LogP contribution is 2.30. The molecule has 3 rings (SSSR count). The summed E-state index contributed by atoms with van der Waals surface area (Å²) in [6, 6.07) is 7.87. The van der Waals surface area contributed by atoms with E-state index in [0.717, 1.165) is 40.9 Å². The van der Waals surface area contributed by atoms with E-state index in [0.29, 0.717) is 43.1 Å². The van der Waals surface area contributed by atoms with Crippen molar-refractivity contribution in [3.63, 3.8) is 0 Å². The standard InChI is InChI=1S/C20H25F3N4OS.HI/c1-2-24-19(25-11-10-18-27-17(13-29-18)20(21,22)23)26-12-14-6-3-4-9-16(14)28-15-7-5-8-15;/h3-4,6,9,13,15H,2,5,7-8,10-12H2,1H3,(H2,24,25,26);1H. The van der Waals surface area contributed by atoms with Crippen molar-refractivity contribution in [1.82, 2.24) is 15.6 Å². The van der Waals surface area contributed by atoms with Gasteiger partial charge in [-0.3, -0.25) is 0 Å². The summed E-state index contributed by atoms with van der Waals surface area (Å²) in [5.41, 5.74) is 0.174. The Kier molecular flexibility index (Phi) is 9.66. The molecule has 0 atom stereocenters. The largest absolute Gasteiger partial charge is 0.490 e. The Morgan fingerprint density at radius 2 is 2.03 bits per heavy atom. The van der Waals surface area contributed by atoms with Crippen molar-refractivity contribution in [3.8, 4) is 5.75 Å². The zero-order chi connectivity index (χ0) is 20.7. The van der Waals surface area contributed by atoms with E-state index in [2.05, 4.69) is 20.6 Å². The van der Waals surface area contributed by atoms with Gasteiger partial charge in [0.25, 0.3) is 0 Å². The fraction of sp³-hybridized carbons (Fsp3) is 0.500. The molecule has 0 aliphatic heterocycles. The molecular formula is C20H26F3IN4OS. The number of aliphatic imine (C=N–C) groups is 1. The van der Waals surface area contributed by atoms with E-state index in [4.69, 9.17) is 4.74 Å². The number of rotatable bonds is 8. The highest BCUT2D eigenvalue weighted by atomic mass is 127. The van der Waals surface area contributed by atoms with Crippen LogP contribution in [0.5, 0.6) is 5.75 Å². The van der Waals surface area contributed by atoms with Gasteiger partial charge in [-0.05, 0) is 32.3 Å². The molecule has 1 saturated carbocycles. The molecule has 1 heterocycles. The smallest absolute Gasteiger partial charge is 0.434 e. The van der Waals surface area contributed by atoms with Crippen LogP contribution in [0.1, 0.15) is 42.5 Å². The van der Waals surface area contributed by atoms with E-state index in [1.54, 1.807) is 0 Å². The van der Waals surface area contributed by atoms with Gasteiger partial charge in [0.2, 0.25) is 0 Å². The van der Waals surface area contributed by atoms with Crippen molar-refractivity contribution in [1.29, 1.82) is 0 Å². The van der Waals surface area contributed by atoms with Gasteiger partial charge in [-0.15, -0.1) is 35.3 Å². The zero-order valence-corrected chi connectivity index (χ0v) is 19.8. The first kappa shape index (κ1) is 24.7. The second-order valence-corrected chi connectivity index (χ2v) is 7.72. The molecule has 10 heteroatoms. The van der Waals surface area contributed by atoms with Crippen molar-refractivity contribution < 1.29 is 17.9 Å². The van der Waals surface area contributed by atoms with Crippen molar-refractivity contribution >= 4 is 41.3 Å². The summed E-state index contributed by atoms with van der Waals surface area (Å²) in [5.74, 6) is 1.47. The minimum atomic E-state index is -4.40. The van der Waals surface area contributed by atoms with Crippen molar-refractivity contribution in [2.24, 2.45) is 4.99 Å². The Labute approximate surface area is 195 Å². The number of guanidine groups is 1. The summed E-state index contributed by atoms with van der Waals surface area (Å²) in [5, 5.41) is 7.80. The maximum absolute atomic E-state index is 12.6. The number of para-hydroxylation sites is 1. The fourth-order valence-electron chi connectivity index (χ4n) is 2.77. The number of nitrogens with zero attached hydrogens (tertiary/aromatic N) is 2. The molecule has 1 aromatic heterocycles.